The molecule has 0 radical (unpaired) electrons. The number of phenolic OH excluding ortho intramolecular Hbond substituents is 4. The van der Waals surface area contributed by atoms with Gasteiger partial charge in [-0.1, -0.05) is 30.3 Å². The molecule has 0 unspecified atom stereocenters. The molecule has 0 heterocycles. The Kier molecular flexibility index (Phi) is 6.08. The second-order valence-electron chi connectivity index (χ2n) is 6.59. The number of aryl methyl sites for hydroxylation is 1. The number of benzene rings is 3. The van der Waals surface area contributed by atoms with E-state index in [1.807, 2.05) is 13.0 Å². The normalized spacial score (nSPS) is 11.2. The topological polar surface area (TPSA) is 107 Å². The number of aromatic hydroxyl groups is 4. The molecular formula is C24H20O6. The van der Waals surface area contributed by atoms with Gasteiger partial charge in [0, 0.05) is 11.6 Å². The summed E-state index contributed by atoms with van der Waals surface area (Å²) in [5.74, 6) is -1.37. The summed E-state index contributed by atoms with van der Waals surface area (Å²) < 4.78 is 5.26. The molecule has 6 heteroatoms. The maximum absolute atomic E-state index is 12.1. The van der Waals surface area contributed by atoms with E-state index in [1.54, 1.807) is 36.4 Å². The van der Waals surface area contributed by atoms with Crippen LogP contribution in [0.2, 0.25) is 0 Å². The molecule has 3 aromatic carbocycles. The van der Waals surface area contributed by atoms with Crippen LogP contribution in [0, 0.1) is 6.92 Å². The molecule has 0 aliphatic rings. The largest absolute Gasteiger partial charge is 0.504 e. The van der Waals surface area contributed by atoms with E-state index in [2.05, 4.69) is 0 Å². The Labute approximate surface area is 173 Å². The third kappa shape index (κ3) is 4.99. The van der Waals surface area contributed by atoms with Crippen molar-refractivity contribution in [2.24, 2.45) is 0 Å². The summed E-state index contributed by atoms with van der Waals surface area (Å²) >= 11 is 0. The number of carbonyl (C=O) groups excluding carboxylic acids is 1. The molecule has 3 rings (SSSR count). The Balaban J connectivity index is 1.85. The van der Waals surface area contributed by atoms with E-state index in [0.717, 1.165) is 5.56 Å². The Morgan fingerprint density at radius 2 is 1.60 bits per heavy atom. The van der Waals surface area contributed by atoms with Gasteiger partial charge in [0.15, 0.2) is 23.0 Å². The lowest BCUT2D eigenvalue weighted by molar-refractivity contribution is -0.128. The SMILES string of the molecule is Cc1cccc(OC(=O)/C=C/c2ccc(O)c(O)c2/C=C/c2ccc(O)c(O)c2)c1. The Morgan fingerprint density at radius 1 is 0.833 bits per heavy atom. The number of ether oxygens (including phenoxy) is 1. The van der Waals surface area contributed by atoms with Gasteiger partial charge in [-0.3, -0.25) is 0 Å². The maximum Gasteiger partial charge on any atom is 0.336 e. The summed E-state index contributed by atoms with van der Waals surface area (Å²) in [5.41, 5.74) is 2.25. The van der Waals surface area contributed by atoms with Crippen molar-refractivity contribution < 1.29 is 30.0 Å². The molecule has 3 aromatic rings. The van der Waals surface area contributed by atoms with E-state index in [4.69, 9.17) is 4.74 Å². The molecule has 0 bridgehead atoms. The Hall–Kier alpha value is -4.19. The van der Waals surface area contributed by atoms with Gasteiger partial charge in [0.2, 0.25) is 0 Å². The van der Waals surface area contributed by atoms with Crippen molar-refractivity contribution in [2.45, 2.75) is 6.92 Å². The molecular weight excluding hydrogens is 384 g/mol. The second kappa shape index (κ2) is 8.87. The molecule has 0 aliphatic heterocycles. The molecule has 152 valence electrons. The molecule has 0 saturated heterocycles. The van der Waals surface area contributed by atoms with Crippen LogP contribution in [0.3, 0.4) is 0 Å². The predicted molar refractivity (Wildman–Crippen MR) is 114 cm³/mol. The third-order valence-corrected chi connectivity index (χ3v) is 4.28. The van der Waals surface area contributed by atoms with Crippen molar-refractivity contribution in [3.05, 3.63) is 82.9 Å². The van der Waals surface area contributed by atoms with E-state index in [0.29, 0.717) is 16.9 Å². The van der Waals surface area contributed by atoms with Crippen LogP contribution in [-0.4, -0.2) is 26.4 Å². The minimum Gasteiger partial charge on any atom is -0.504 e. The molecule has 0 spiro atoms. The molecule has 4 N–H and O–H groups in total. The van der Waals surface area contributed by atoms with Gasteiger partial charge in [-0.05, 0) is 66.1 Å². The van der Waals surface area contributed by atoms with E-state index in [9.17, 15) is 25.2 Å². The third-order valence-electron chi connectivity index (χ3n) is 4.28. The van der Waals surface area contributed by atoms with Crippen LogP contribution in [0.1, 0.15) is 22.3 Å². The van der Waals surface area contributed by atoms with E-state index in [1.165, 1.54) is 36.4 Å². The van der Waals surface area contributed by atoms with Crippen molar-refractivity contribution >= 4 is 24.2 Å². The zero-order valence-electron chi connectivity index (χ0n) is 16.1. The minimum absolute atomic E-state index is 0.247. The molecule has 30 heavy (non-hydrogen) atoms. The number of phenols is 4. The molecule has 0 aliphatic carbocycles. The molecule has 0 fully saturated rings. The van der Waals surface area contributed by atoms with Gasteiger partial charge >= 0.3 is 5.97 Å². The molecule has 0 aromatic heterocycles. The highest BCUT2D eigenvalue weighted by Gasteiger charge is 2.09. The highest BCUT2D eigenvalue weighted by Crippen LogP contribution is 2.34. The van der Waals surface area contributed by atoms with Crippen LogP contribution < -0.4 is 4.74 Å². The standard InChI is InChI=1S/C24H20O6/c1-15-3-2-4-18(13-15)30-23(28)12-8-17-7-11-21(26)24(29)19(17)9-5-16-6-10-20(25)22(27)14-16/h2-14,25-27,29H,1H3/b9-5+,12-8+. The summed E-state index contributed by atoms with van der Waals surface area (Å²) in [4.78, 5) is 12.1. The monoisotopic (exact) mass is 404 g/mol. The quantitative estimate of drug-likeness (QED) is 0.163. The van der Waals surface area contributed by atoms with Gasteiger partial charge in [-0.25, -0.2) is 4.79 Å². The summed E-state index contributed by atoms with van der Waals surface area (Å²) in [7, 11) is 0. The smallest absolute Gasteiger partial charge is 0.336 e. The average Bonchev–Trinajstić information content (AvgIpc) is 2.70. The van der Waals surface area contributed by atoms with Gasteiger partial charge in [0.05, 0.1) is 0 Å². The lowest BCUT2D eigenvalue weighted by Gasteiger charge is -2.07. The number of carbonyl (C=O) groups is 1. The predicted octanol–water partition coefficient (Wildman–Crippen LogP) is 4.61. The summed E-state index contributed by atoms with van der Waals surface area (Å²) in [6.45, 7) is 1.89. The van der Waals surface area contributed by atoms with Crippen LogP contribution in [-0.2, 0) is 4.79 Å². The van der Waals surface area contributed by atoms with Crippen LogP contribution in [0.5, 0.6) is 28.7 Å². The van der Waals surface area contributed by atoms with Gasteiger partial charge < -0.3 is 25.2 Å². The summed E-state index contributed by atoms with van der Waals surface area (Å²) in [6.07, 6.45) is 5.78. The molecule has 0 saturated carbocycles. The van der Waals surface area contributed by atoms with E-state index < -0.39 is 5.97 Å². The first-order chi connectivity index (χ1) is 14.3. The van der Waals surface area contributed by atoms with E-state index >= 15 is 0 Å². The highest BCUT2D eigenvalue weighted by molar-refractivity contribution is 5.90. The molecule has 0 amide bonds. The molecule has 6 nitrogen and oxygen atoms in total. The average molecular weight is 404 g/mol. The lowest BCUT2D eigenvalue weighted by Crippen LogP contribution is -2.03. The van der Waals surface area contributed by atoms with Gasteiger partial charge in [-0.15, -0.1) is 0 Å². The van der Waals surface area contributed by atoms with Gasteiger partial charge in [0.1, 0.15) is 5.75 Å². The van der Waals surface area contributed by atoms with Gasteiger partial charge in [-0.2, -0.15) is 0 Å². The Bertz CT molecular complexity index is 1140. The summed E-state index contributed by atoms with van der Waals surface area (Å²) in [5, 5.41) is 39.1. The fraction of sp³-hybridized carbons (Fsp3) is 0.0417. The van der Waals surface area contributed by atoms with Crippen LogP contribution >= 0.6 is 0 Å². The zero-order chi connectivity index (χ0) is 21.7. The first-order valence-electron chi connectivity index (χ1n) is 9.05. The summed E-state index contributed by atoms with van der Waals surface area (Å²) in [6, 6.07) is 14.2. The van der Waals surface area contributed by atoms with Crippen molar-refractivity contribution in [1.82, 2.24) is 0 Å². The zero-order valence-corrected chi connectivity index (χ0v) is 16.1. The van der Waals surface area contributed by atoms with Crippen molar-refractivity contribution in [3.8, 4) is 28.7 Å². The number of hydrogen-bond donors (Lipinski definition) is 4. The fourth-order valence-electron chi connectivity index (χ4n) is 2.74. The Morgan fingerprint density at radius 3 is 2.33 bits per heavy atom. The van der Waals surface area contributed by atoms with Crippen molar-refractivity contribution in [2.75, 3.05) is 0 Å². The second-order valence-corrected chi connectivity index (χ2v) is 6.59. The number of hydrogen-bond acceptors (Lipinski definition) is 6. The first kappa shape index (κ1) is 20.5. The van der Waals surface area contributed by atoms with E-state index in [-0.39, 0.29) is 28.6 Å². The van der Waals surface area contributed by atoms with Crippen LogP contribution in [0.4, 0.5) is 0 Å². The number of esters is 1. The number of rotatable bonds is 5. The maximum atomic E-state index is 12.1. The van der Waals surface area contributed by atoms with Crippen LogP contribution in [0.25, 0.3) is 18.2 Å². The fourth-order valence-corrected chi connectivity index (χ4v) is 2.74. The highest BCUT2D eigenvalue weighted by atomic mass is 16.5. The molecule has 0 atom stereocenters. The lowest BCUT2D eigenvalue weighted by atomic mass is 10.0. The van der Waals surface area contributed by atoms with Crippen molar-refractivity contribution in [3.63, 3.8) is 0 Å². The van der Waals surface area contributed by atoms with Crippen molar-refractivity contribution in [1.29, 1.82) is 0 Å². The first-order valence-corrected chi connectivity index (χ1v) is 9.05. The van der Waals surface area contributed by atoms with Crippen LogP contribution in [0.15, 0.2) is 60.7 Å². The minimum atomic E-state index is -0.591. The van der Waals surface area contributed by atoms with Gasteiger partial charge in [0.25, 0.3) is 0 Å².